The molecule has 0 spiro atoms. The number of benzene rings is 1. The molecule has 0 bridgehead atoms. The van der Waals surface area contributed by atoms with Crippen molar-refractivity contribution in [1.82, 2.24) is 5.32 Å². The summed E-state index contributed by atoms with van der Waals surface area (Å²) in [7, 11) is 0. The van der Waals surface area contributed by atoms with Gasteiger partial charge in [-0.15, -0.1) is 0 Å². The third kappa shape index (κ3) is 3.73. The Morgan fingerprint density at radius 1 is 1.16 bits per heavy atom. The highest BCUT2D eigenvalue weighted by Crippen LogP contribution is 2.34. The van der Waals surface area contributed by atoms with Crippen LogP contribution in [0.4, 0.5) is 0 Å². The molecule has 1 aromatic carbocycles. The predicted octanol–water partition coefficient (Wildman–Crippen LogP) is 4.17. The summed E-state index contributed by atoms with van der Waals surface area (Å²) in [6.45, 7) is 9.65. The SMILES string of the molecule is CCOc1ccc(C(C)NC2CC(C(C)C)C2)cc1. The molecule has 2 heteroatoms. The van der Waals surface area contributed by atoms with Crippen LogP contribution in [0.25, 0.3) is 0 Å². The van der Waals surface area contributed by atoms with Gasteiger partial charge >= 0.3 is 0 Å². The van der Waals surface area contributed by atoms with Gasteiger partial charge in [-0.05, 0) is 56.2 Å². The van der Waals surface area contributed by atoms with Crippen molar-refractivity contribution in [3.63, 3.8) is 0 Å². The van der Waals surface area contributed by atoms with E-state index in [1.807, 2.05) is 6.92 Å². The summed E-state index contributed by atoms with van der Waals surface area (Å²) < 4.78 is 5.47. The molecule has 1 atom stereocenters. The molecule has 19 heavy (non-hydrogen) atoms. The highest BCUT2D eigenvalue weighted by atomic mass is 16.5. The summed E-state index contributed by atoms with van der Waals surface area (Å²) in [6.07, 6.45) is 2.66. The zero-order valence-corrected chi connectivity index (χ0v) is 12.6. The topological polar surface area (TPSA) is 21.3 Å². The molecule has 0 aliphatic heterocycles. The van der Waals surface area contributed by atoms with Crippen LogP contribution in [-0.2, 0) is 0 Å². The van der Waals surface area contributed by atoms with Gasteiger partial charge in [0.05, 0.1) is 6.61 Å². The molecule has 106 valence electrons. The molecule has 1 aromatic rings. The van der Waals surface area contributed by atoms with E-state index in [0.717, 1.165) is 24.2 Å². The molecule has 1 fully saturated rings. The van der Waals surface area contributed by atoms with Gasteiger partial charge in [0.2, 0.25) is 0 Å². The fourth-order valence-corrected chi connectivity index (χ4v) is 2.81. The summed E-state index contributed by atoms with van der Waals surface area (Å²) in [5, 5.41) is 3.73. The second-order valence-corrected chi connectivity index (χ2v) is 6.06. The summed E-state index contributed by atoms with van der Waals surface area (Å²) in [5.74, 6) is 2.71. The Morgan fingerprint density at radius 2 is 1.79 bits per heavy atom. The smallest absolute Gasteiger partial charge is 0.119 e. The van der Waals surface area contributed by atoms with E-state index in [2.05, 4.69) is 50.4 Å². The molecule has 1 aliphatic rings. The molecule has 1 N–H and O–H groups in total. The maximum atomic E-state index is 5.47. The molecule has 0 saturated heterocycles. The summed E-state index contributed by atoms with van der Waals surface area (Å²) in [4.78, 5) is 0. The second-order valence-electron chi connectivity index (χ2n) is 6.06. The number of rotatable bonds is 6. The van der Waals surface area contributed by atoms with Crippen LogP contribution < -0.4 is 10.1 Å². The van der Waals surface area contributed by atoms with Crippen LogP contribution in [0.5, 0.6) is 5.75 Å². The molecular weight excluding hydrogens is 234 g/mol. The van der Waals surface area contributed by atoms with Crippen LogP contribution >= 0.6 is 0 Å². The number of ether oxygens (including phenoxy) is 1. The molecule has 1 saturated carbocycles. The Balaban J connectivity index is 1.82. The van der Waals surface area contributed by atoms with Gasteiger partial charge in [0, 0.05) is 12.1 Å². The summed E-state index contributed by atoms with van der Waals surface area (Å²) in [5.41, 5.74) is 1.34. The number of hydrogen-bond acceptors (Lipinski definition) is 2. The van der Waals surface area contributed by atoms with E-state index < -0.39 is 0 Å². The van der Waals surface area contributed by atoms with Crippen LogP contribution in [0.1, 0.15) is 52.1 Å². The Morgan fingerprint density at radius 3 is 2.32 bits per heavy atom. The number of nitrogens with one attached hydrogen (secondary N) is 1. The van der Waals surface area contributed by atoms with Crippen molar-refractivity contribution in [2.75, 3.05) is 6.61 Å². The molecule has 0 heterocycles. The van der Waals surface area contributed by atoms with Crippen LogP contribution in [-0.4, -0.2) is 12.6 Å². The lowest BCUT2D eigenvalue weighted by atomic mass is 9.73. The molecule has 0 aromatic heterocycles. The van der Waals surface area contributed by atoms with Crippen LogP contribution in [0.3, 0.4) is 0 Å². The largest absolute Gasteiger partial charge is 0.494 e. The lowest BCUT2D eigenvalue weighted by Crippen LogP contribution is -2.43. The number of hydrogen-bond donors (Lipinski definition) is 1. The fraction of sp³-hybridized carbons (Fsp3) is 0.647. The van der Waals surface area contributed by atoms with Gasteiger partial charge < -0.3 is 10.1 Å². The first-order valence-corrected chi connectivity index (χ1v) is 7.59. The van der Waals surface area contributed by atoms with Crippen LogP contribution in [0, 0.1) is 11.8 Å². The van der Waals surface area contributed by atoms with Crippen molar-refractivity contribution in [1.29, 1.82) is 0 Å². The van der Waals surface area contributed by atoms with Crippen molar-refractivity contribution in [3.05, 3.63) is 29.8 Å². The van der Waals surface area contributed by atoms with E-state index in [4.69, 9.17) is 4.74 Å². The standard InChI is InChI=1S/C17H27NO/c1-5-19-17-8-6-14(7-9-17)13(4)18-16-10-15(11-16)12(2)3/h6-9,12-13,15-16,18H,5,10-11H2,1-4H3. The summed E-state index contributed by atoms with van der Waals surface area (Å²) in [6, 6.07) is 9.59. The average molecular weight is 261 g/mol. The van der Waals surface area contributed by atoms with Gasteiger partial charge in [0.25, 0.3) is 0 Å². The lowest BCUT2D eigenvalue weighted by Gasteiger charge is -2.40. The van der Waals surface area contributed by atoms with Crippen molar-refractivity contribution >= 4 is 0 Å². The first-order chi connectivity index (χ1) is 9.10. The van der Waals surface area contributed by atoms with E-state index in [9.17, 15) is 0 Å². The van der Waals surface area contributed by atoms with E-state index >= 15 is 0 Å². The van der Waals surface area contributed by atoms with Gasteiger partial charge in [-0.1, -0.05) is 26.0 Å². The molecule has 2 nitrogen and oxygen atoms in total. The Bertz CT molecular complexity index is 379. The maximum Gasteiger partial charge on any atom is 0.119 e. The zero-order valence-electron chi connectivity index (χ0n) is 12.6. The normalized spacial score (nSPS) is 24.1. The van der Waals surface area contributed by atoms with Crippen LogP contribution in [0.2, 0.25) is 0 Å². The van der Waals surface area contributed by atoms with Gasteiger partial charge in [-0.3, -0.25) is 0 Å². The molecule has 2 rings (SSSR count). The molecule has 1 aliphatic carbocycles. The first-order valence-electron chi connectivity index (χ1n) is 7.59. The molecule has 1 unspecified atom stereocenters. The minimum Gasteiger partial charge on any atom is -0.494 e. The highest BCUT2D eigenvalue weighted by Gasteiger charge is 2.31. The predicted molar refractivity (Wildman–Crippen MR) is 80.5 cm³/mol. The Labute approximate surface area is 117 Å². The van der Waals surface area contributed by atoms with E-state index in [0.29, 0.717) is 12.1 Å². The first kappa shape index (κ1) is 14.4. The summed E-state index contributed by atoms with van der Waals surface area (Å²) >= 11 is 0. The maximum absolute atomic E-state index is 5.47. The van der Waals surface area contributed by atoms with Crippen molar-refractivity contribution < 1.29 is 4.74 Å². The quantitative estimate of drug-likeness (QED) is 0.830. The van der Waals surface area contributed by atoms with Crippen LogP contribution in [0.15, 0.2) is 24.3 Å². The van der Waals surface area contributed by atoms with E-state index in [1.165, 1.54) is 18.4 Å². The Kier molecular flexibility index (Phi) is 4.87. The van der Waals surface area contributed by atoms with E-state index in [1.54, 1.807) is 0 Å². The van der Waals surface area contributed by atoms with Crippen molar-refractivity contribution in [2.45, 2.75) is 52.6 Å². The van der Waals surface area contributed by atoms with Crippen molar-refractivity contribution in [3.8, 4) is 5.75 Å². The molecule has 0 radical (unpaired) electrons. The minimum absolute atomic E-state index is 0.425. The monoisotopic (exact) mass is 261 g/mol. The highest BCUT2D eigenvalue weighted by molar-refractivity contribution is 5.29. The van der Waals surface area contributed by atoms with Gasteiger partial charge in [-0.2, -0.15) is 0 Å². The zero-order chi connectivity index (χ0) is 13.8. The second kappa shape index (κ2) is 6.42. The molecular formula is C17H27NO. The third-order valence-electron chi connectivity index (χ3n) is 4.29. The average Bonchev–Trinajstić information content (AvgIpc) is 2.33. The van der Waals surface area contributed by atoms with Gasteiger partial charge in [-0.25, -0.2) is 0 Å². The Hall–Kier alpha value is -1.02. The molecule has 0 amide bonds. The van der Waals surface area contributed by atoms with Gasteiger partial charge in [0.1, 0.15) is 5.75 Å². The fourth-order valence-electron chi connectivity index (χ4n) is 2.81. The lowest BCUT2D eigenvalue weighted by molar-refractivity contribution is 0.159. The van der Waals surface area contributed by atoms with E-state index in [-0.39, 0.29) is 0 Å². The third-order valence-corrected chi connectivity index (χ3v) is 4.29. The van der Waals surface area contributed by atoms with Crippen molar-refractivity contribution in [2.24, 2.45) is 11.8 Å². The minimum atomic E-state index is 0.425. The van der Waals surface area contributed by atoms with Gasteiger partial charge in [0.15, 0.2) is 0 Å².